The van der Waals surface area contributed by atoms with Crippen LogP contribution in [0.5, 0.6) is 0 Å². The predicted molar refractivity (Wildman–Crippen MR) is 20.6 cm³/mol. The van der Waals surface area contributed by atoms with E-state index in [1.165, 1.54) is 0 Å². The van der Waals surface area contributed by atoms with Gasteiger partial charge in [0.1, 0.15) is 0 Å². The maximum atomic E-state index is 11.3. The SMILES string of the molecule is [CH2]C(F)(F)C(=C)F. The Morgan fingerprint density at radius 1 is 1.43 bits per heavy atom. The molecule has 0 aromatic heterocycles. The highest BCUT2D eigenvalue weighted by Crippen LogP contribution is 2.20. The molecule has 0 aliphatic carbocycles. The minimum atomic E-state index is -3.61. The molecule has 0 amide bonds. The fourth-order valence-corrected chi connectivity index (χ4v) is 0. The first-order valence-corrected chi connectivity index (χ1v) is 1.52. The molecule has 0 saturated heterocycles. The molecule has 0 atom stereocenters. The standard InChI is InChI=1S/C4H4F3/c1-3(5)4(2,6)7/h1-2H2. The lowest BCUT2D eigenvalue weighted by atomic mass is 10.4. The van der Waals surface area contributed by atoms with Crippen molar-refractivity contribution in [1.29, 1.82) is 0 Å². The molecule has 0 nitrogen and oxygen atoms in total. The zero-order valence-corrected chi connectivity index (χ0v) is 3.55. The first kappa shape index (κ1) is 6.53. The van der Waals surface area contributed by atoms with Crippen molar-refractivity contribution in [2.45, 2.75) is 5.92 Å². The molecule has 0 heterocycles. The van der Waals surface area contributed by atoms with Crippen LogP contribution in [-0.4, -0.2) is 5.92 Å². The average Bonchev–Trinajstić information content (AvgIpc) is 1.31. The highest BCUT2D eigenvalue weighted by molar-refractivity contribution is 4.98. The Kier molecular flexibility index (Phi) is 1.45. The molecule has 0 spiro atoms. The van der Waals surface area contributed by atoms with Crippen LogP contribution in [0.1, 0.15) is 0 Å². The number of halogens is 3. The van der Waals surface area contributed by atoms with Crippen molar-refractivity contribution < 1.29 is 13.2 Å². The second kappa shape index (κ2) is 1.56. The lowest BCUT2D eigenvalue weighted by Gasteiger charge is -2.02. The molecular weight excluding hydrogens is 105 g/mol. The minimum absolute atomic E-state index is 1.70. The van der Waals surface area contributed by atoms with Gasteiger partial charge >= 0.3 is 0 Å². The van der Waals surface area contributed by atoms with Gasteiger partial charge in [-0.1, -0.05) is 6.58 Å². The van der Waals surface area contributed by atoms with Gasteiger partial charge in [-0.25, -0.2) is 4.39 Å². The van der Waals surface area contributed by atoms with E-state index in [4.69, 9.17) is 0 Å². The van der Waals surface area contributed by atoms with Crippen molar-refractivity contribution >= 4 is 0 Å². The first-order chi connectivity index (χ1) is 2.94. The molecule has 0 N–H and O–H groups in total. The summed E-state index contributed by atoms with van der Waals surface area (Å²) in [6.07, 6.45) is 0. The predicted octanol–water partition coefficient (Wildman–Crippen LogP) is 1.94. The monoisotopic (exact) mass is 109 g/mol. The summed E-state index contributed by atoms with van der Waals surface area (Å²) in [7, 11) is 0. The van der Waals surface area contributed by atoms with E-state index in [9.17, 15) is 13.2 Å². The minimum Gasteiger partial charge on any atom is -0.206 e. The van der Waals surface area contributed by atoms with Gasteiger partial charge in [0.2, 0.25) is 0 Å². The van der Waals surface area contributed by atoms with E-state index in [0.717, 1.165) is 0 Å². The van der Waals surface area contributed by atoms with Gasteiger partial charge in [-0.05, 0) is 0 Å². The molecule has 0 aliphatic heterocycles. The Hall–Kier alpha value is -0.470. The highest BCUT2D eigenvalue weighted by Gasteiger charge is 2.25. The van der Waals surface area contributed by atoms with Gasteiger partial charge in [-0.15, -0.1) is 0 Å². The zero-order chi connectivity index (χ0) is 6.08. The molecule has 0 aromatic rings. The number of hydrogen-bond acceptors (Lipinski definition) is 0. The van der Waals surface area contributed by atoms with Crippen molar-refractivity contribution in [1.82, 2.24) is 0 Å². The smallest absolute Gasteiger partial charge is 0.206 e. The van der Waals surface area contributed by atoms with E-state index in [1.807, 2.05) is 0 Å². The molecular formula is C4H4F3. The van der Waals surface area contributed by atoms with E-state index < -0.39 is 11.7 Å². The number of allylic oxidation sites excluding steroid dienone is 1. The van der Waals surface area contributed by atoms with Gasteiger partial charge in [0.15, 0.2) is 5.83 Å². The summed E-state index contributed by atoms with van der Waals surface area (Å²) in [5.41, 5.74) is 0. The fourth-order valence-electron chi connectivity index (χ4n) is 0. The van der Waals surface area contributed by atoms with Crippen LogP contribution < -0.4 is 0 Å². The molecule has 0 rings (SSSR count). The molecule has 1 radical (unpaired) electrons. The molecule has 0 bridgehead atoms. The Balaban J connectivity index is 3.79. The Bertz CT molecular complexity index is 79.4. The number of hydrogen-bond donors (Lipinski definition) is 0. The van der Waals surface area contributed by atoms with Crippen LogP contribution in [-0.2, 0) is 0 Å². The van der Waals surface area contributed by atoms with Crippen molar-refractivity contribution in [3.05, 3.63) is 19.3 Å². The second-order valence-corrected chi connectivity index (χ2v) is 1.11. The lowest BCUT2D eigenvalue weighted by molar-refractivity contribution is 0.0683. The molecule has 0 fully saturated rings. The third kappa shape index (κ3) is 2.25. The Morgan fingerprint density at radius 2 is 1.57 bits per heavy atom. The maximum Gasteiger partial charge on any atom is 0.298 e. The van der Waals surface area contributed by atoms with Crippen LogP contribution in [0.2, 0.25) is 0 Å². The van der Waals surface area contributed by atoms with Crippen molar-refractivity contribution in [2.24, 2.45) is 0 Å². The molecule has 41 valence electrons. The third-order valence-electron chi connectivity index (χ3n) is 0.397. The molecule has 0 saturated carbocycles. The van der Waals surface area contributed by atoms with Crippen LogP contribution >= 0.6 is 0 Å². The van der Waals surface area contributed by atoms with Crippen molar-refractivity contribution in [3.8, 4) is 0 Å². The lowest BCUT2D eigenvalue weighted by Crippen LogP contribution is -2.08. The zero-order valence-electron chi connectivity index (χ0n) is 3.55. The maximum absolute atomic E-state index is 11.3. The molecule has 0 aromatic carbocycles. The summed E-state index contributed by atoms with van der Waals surface area (Å²) in [5.74, 6) is -5.31. The number of rotatable bonds is 1. The summed E-state index contributed by atoms with van der Waals surface area (Å²) >= 11 is 0. The summed E-state index contributed by atoms with van der Waals surface area (Å²) < 4.78 is 33.7. The van der Waals surface area contributed by atoms with Gasteiger partial charge < -0.3 is 0 Å². The van der Waals surface area contributed by atoms with Crippen molar-refractivity contribution in [2.75, 3.05) is 0 Å². The number of alkyl halides is 2. The van der Waals surface area contributed by atoms with Crippen LogP contribution in [0.4, 0.5) is 13.2 Å². The van der Waals surface area contributed by atoms with E-state index in [0.29, 0.717) is 0 Å². The largest absolute Gasteiger partial charge is 0.298 e. The quantitative estimate of drug-likeness (QED) is 0.482. The van der Waals surface area contributed by atoms with E-state index in [1.54, 1.807) is 0 Å². The summed E-state index contributed by atoms with van der Waals surface area (Å²) in [5, 5.41) is 0. The van der Waals surface area contributed by atoms with E-state index in [2.05, 4.69) is 13.5 Å². The fraction of sp³-hybridized carbons (Fsp3) is 0.250. The average molecular weight is 109 g/mol. The topological polar surface area (TPSA) is 0 Å². The Labute approximate surface area is 39.6 Å². The van der Waals surface area contributed by atoms with Gasteiger partial charge in [0.05, 0.1) is 0 Å². The van der Waals surface area contributed by atoms with Crippen LogP contribution in [0, 0.1) is 6.92 Å². The molecule has 0 unspecified atom stereocenters. The van der Waals surface area contributed by atoms with Crippen LogP contribution in [0.25, 0.3) is 0 Å². The van der Waals surface area contributed by atoms with Crippen LogP contribution in [0.3, 0.4) is 0 Å². The van der Waals surface area contributed by atoms with E-state index >= 15 is 0 Å². The molecule has 3 heteroatoms. The normalized spacial score (nSPS) is 11.4. The van der Waals surface area contributed by atoms with Gasteiger partial charge in [-0.3, -0.25) is 0 Å². The van der Waals surface area contributed by atoms with E-state index in [-0.39, 0.29) is 0 Å². The van der Waals surface area contributed by atoms with Crippen molar-refractivity contribution in [3.63, 3.8) is 0 Å². The first-order valence-electron chi connectivity index (χ1n) is 1.52. The summed E-state index contributed by atoms with van der Waals surface area (Å²) in [6.45, 7) is 4.51. The van der Waals surface area contributed by atoms with Gasteiger partial charge in [-0.2, -0.15) is 8.78 Å². The van der Waals surface area contributed by atoms with Crippen LogP contribution in [0.15, 0.2) is 12.4 Å². The third-order valence-corrected chi connectivity index (χ3v) is 0.397. The second-order valence-electron chi connectivity index (χ2n) is 1.11. The van der Waals surface area contributed by atoms with Gasteiger partial charge in [0.25, 0.3) is 5.92 Å². The molecule has 0 aliphatic rings. The summed E-state index contributed by atoms with van der Waals surface area (Å²) in [6, 6.07) is 0. The highest BCUT2D eigenvalue weighted by atomic mass is 19.3. The molecule has 7 heavy (non-hydrogen) atoms. The Morgan fingerprint density at radius 3 is 1.57 bits per heavy atom. The van der Waals surface area contributed by atoms with Gasteiger partial charge in [0, 0.05) is 6.92 Å². The summed E-state index contributed by atoms with van der Waals surface area (Å²) in [4.78, 5) is 0.